The fraction of sp³-hybridized carbons (Fsp3) is 0.412. The van der Waals surface area contributed by atoms with Gasteiger partial charge in [-0.05, 0) is 56.0 Å². The molecule has 2 rings (SSSR count). The Bertz CT molecular complexity index is 502. The topological polar surface area (TPSA) is 25.2 Å². The number of nitrogens with one attached hydrogen (secondary N) is 1. The molecular weight excluding hydrogens is 234 g/mol. The monoisotopic (exact) mass is 257 g/mol. The van der Waals surface area contributed by atoms with E-state index in [9.17, 15) is 0 Å². The number of hydrogen-bond acceptors (Lipinski definition) is 2. The first-order valence-corrected chi connectivity index (χ1v) is 6.97. The second kappa shape index (κ2) is 6.58. The van der Waals surface area contributed by atoms with Crippen molar-refractivity contribution < 1.29 is 4.42 Å². The standard InChI is InChI=1S/C17H23NO/c1-13-6-4-7-16(15(13)3)12-18-14(2)9-10-17-8-5-11-19-17/h4-8,11,14,18H,9-10,12H2,1-3H3. The predicted molar refractivity (Wildman–Crippen MR) is 79.2 cm³/mol. The zero-order chi connectivity index (χ0) is 13.7. The third kappa shape index (κ3) is 3.97. The Kier molecular flexibility index (Phi) is 4.80. The van der Waals surface area contributed by atoms with Crippen molar-refractivity contribution in [3.05, 3.63) is 59.0 Å². The summed E-state index contributed by atoms with van der Waals surface area (Å²) in [6, 6.07) is 11.0. The number of rotatable bonds is 6. The molecule has 0 aliphatic carbocycles. The van der Waals surface area contributed by atoms with Gasteiger partial charge in [0.2, 0.25) is 0 Å². The van der Waals surface area contributed by atoms with Crippen LogP contribution < -0.4 is 5.32 Å². The SMILES string of the molecule is Cc1cccc(CNC(C)CCc2ccco2)c1C. The molecule has 0 fully saturated rings. The Morgan fingerprint density at radius 3 is 2.74 bits per heavy atom. The van der Waals surface area contributed by atoms with E-state index < -0.39 is 0 Å². The van der Waals surface area contributed by atoms with Gasteiger partial charge >= 0.3 is 0 Å². The van der Waals surface area contributed by atoms with Crippen LogP contribution in [0.1, 0.15) is 35.8 Å². The minimum atomic E-state index is 0.491. The van der Waals surface area contributed by atoms with E-state index in [1.807, 2.05) is 12.1 Å². The summed E-state index contributed by atoms with van der Waals surface area (Å²) < 4.78 is 5.35. The molecule has 0 aliphatic heterocycles. The molecule has 0 saturated carbocycles. The second-order valence-corrected chi connectivity index (χ2v) is 5.26. The van der Waals surface area contributed by atoms with E-state index in [0.29, 0.717) is 6.04 Å². The smallest absolute Gasteiger partial charge is 0.103 e. The van der Waals surface area contributed by atoms with Crippen molar-refractivity contribution in [3.63, 3.8) is 0 Å². The zero-order valence-corrected chi connectivity index (χ0v) is 12.1. The molecule has 0 amide bonds. The molecule has 0 spiro atoms. The summed E-state index contributed by atoms with van der Waals surface area (Å²) in [6.07, 6.45) is 3.83. The van der Waals surface area contributed by atoms with Gasteiger partial charge in [0, 0.05) is 19.0 Å². The number of aryl methyl sites for hydroxylation is 2. The average molecular weight is 257 g/mol. The van der Waals surface area contributed by atoms with Gasteiger partial charge in [-0.2, -0.15) is 0 Å². The van der Waals surface area contributed by atoms with Gasteiger partial charge in [0.05, 0.1) is 6.26 Å². The molecule has 1 aromatic carbocycles. The lowest BCUT2D eigenvalue weighted by atomic mass is 10.0. The highest BCUT2D eigenvalue weighted by Crippen LogP contribution is 2.13. The highest BCUT2D eigenvalue weighted by molar-refractivity contribution is 5.32. The van der Waals surface area contributed by atoms with Crippen molar-refractivity contribution >= 4 is 0 Å². The second-order valence-electron chi connectivity index (χ2n) is 5.26. The van der Waals surface area contributed by atoms with Crippen molar-refractivity contribution in [2.75, 3.05) is 0 Å². The van der Waals surface area contributed by atoms with E-state index >= 15 is 0 Å². The van der Waals surface area contributed by atoms with Crippen LogP contribution in [-0.4, -0.2) is 6.04 Å². The average Bonchev–Trinajstić information content (AvgIpc) is 2.91. The number of furan rings is 1. The third-order valence-electron chi connectivity index (χ3n) is 3.76. The lowest BCUT2D eigenvalue weighted by Gasteiger charge is -2.15. The maximum atomic E-state index is 5.35. The van der Waals surface area contributed by atoms with Crippen molar-refractivity contribution in [2.24, 2.45) is 0 Å². The molecule has 1 N–H and O–H groups in total. The Morgan fingerprint density at radius 2 is 2.00 bits per heavy atom. The van der Waals surface area contributed by atoms with E-state index in [1.165, 1.54) is 16.7 Å². The molecule has 0 saturated heterocycles. The van der Waals surface area contributed by atoms with Crippen molar-refractivity contribution in [2.45, 2.75) is 46.2 Å². The van der Waals surface area contributed by atoms with Gasteiger partial charge in [0.1, 0.15) is 5.76 Å². The lowest BCUT2D eigenvalue weighted by Crippen LogP contribution is -2.26. The molecule has 1 aromatic heterocycles. The highest BCUT2D eigenvalue weighted by Gasteiger charge is 2.05. The first-order chi connectivity index (χ1) is 9.16. The van der Waals surface area contributed by atoms with E-state index in [2.05, 4.69) is 44.3 Å². The van der Waals surface area contributed by atoms with E-state index in [0.717, 1.165) is 25.1 Å². The van der Waals surface area contributed by atoms with Crippen LogP contribution in [0.15, 0.2) is 41.0 Å². The fourth-order valence-corrected chi connectivity index (χ4v) is 2.20. The van der Waals surface area contributed by atoms with Gasteiger partial charge in [-0.15, -0.1) is 0 Å². The summed E-state index contributed by atoms with van der Waals surface area (Å²) >= 11 is 0. The molecule has 19 heavy (non-hydrogen) atoms. The fourth-order valence-electron chi connectivity index (χ4n) is 2.20. The molecule has 1 atom stereocenters. The van der Waals surface area contributed by atoms with Crippen LogP contribution in [0.4, 0.5) is 0 Å². The summed E-state index contributed by atoms with van der Waals surface area (Å²) in [7, 11) is 0. The van der Waals surface area contributed by atoms with E-state index in [-0.39, 0.29) is 0 Å². The third-order valence-corrected chi connectivity index (χ3v) is 3.76. The molecule has 2 heteroatoms. The van der Waals surface area contributed by atoms with Crippen LogP contribution in [0.25, 0.3) is 0 Å². The number of benzene rings is 1. The molecule has 1 heterocycles. The van der Waals surface area contributed by atoms with Gasteiger partial charge < -0.3 is 9.73 Å². The van der Waals surface area contributed by atoms with Gasteiger partial charge in [-0.25, -0.2) is 0 Å². The normalized spacial score (nSPS) is 12.6. The zero-order valence-electron chi connectivity index (χ0n) is 12.1. The van der Waals surface area contributed by atoms with Crippen LogP contribution >= 0.6 is 0 Å². The van der Waals surface area contributed by atoms with Crippen molar-refractivity contribution in [1.82, 2.24) is 5.32 Å². The van der Waals surface area contributed by atoms with Crippen molar-refractivity contribution in [1.29, 1.82) is 0 Å². The molecule has 2 nitrogen and oxygen atoms in total. The molecule has 0 aliphatic rings. The molecule has 102 valence electrons. The summed E-state index contributed by atoms with van der Waals surface area (Å²) in [5.41, 5.74) is 4.15. The van der Waals surface area contributed by atoms with Crippen LogP contribution in [0.2, 0.25) is 0 Å². The Morgan fingerprint density at radius 1 is 1.16 bits per heavy atom. The van der Waals surface area contributed by atoms with Crippen LogP contribution in [0.3, 0.4) is 0 Å². The summed E-state index contributed by atoms with van der Waals surface area (Å²) in [5.74, 6) is 1.07. The van der Waals surface area contributed by atoms with Gasteiger partial charge in [0.15, 0.2) is 0 Å². The van der Waals surface area contributed by atoms with Gasteiger partial charge in [0.25, 0.3) is 0 Å². The minimum absolute atomic E-state index is 0.491. The van der Waals surface area contributed by atoms with E-state index in [1.54, 1.807) is 6.26 Å². The Hall–Kier alpha value is -1.54. The Labute approximate surface area is 115 Å². The summed E-state index contributed by atoms with van der Waals surface area (Å²) in [4.78, 5) is 0. The maximum Gasteiger partial charge on any atom is 0.103 e. The van der Waals surface area contributed by atoms with Gasteiger partial charge in [-0.3, -0.25) is 0 Å². The Balaban J connectivity index is 1.80. The first kappa shape index (κ1) is 13.9. The molecule has 0 radical (unpaired) electrons. The number of hydrogen-bond donors (Lipinski definition) is 1. The highest BCUT2D eigenvalue weighted by atomic mass is 16.3. The van der Waals surface area contributed by atoms with Crippen LogP contribution in [-0.2, 0) is 13.0 Å². The molecular formula is C17H23NO. The largest absolute Gasteiger partial charge is 0.469 e. The molecule has 0 bridgehead atoms. The van der Waals surface area contributed by atoms with Crippen LogP contribution in [0, 0.1) is 13.8 Å². The lowest BCUT2D eigenvalue weighted by molar-refractivity contribution is 0.459. The van der Waals surface area contributed by atoms with E-state index in [4.69, 9.17) is 4.42 Å². The quantitative estimate of drug-likeness (QED) is 0.846. The minimum Gasteiger partial charge on any atom is -0.469 e. The first-order valence-electron chi connectivity index (χ1n) is 6.97. The maximum absolute atomic E-state index is 5.35. The molecule has 2 aromatic rings. The summed E-state index contributed by atoms with van der Waals surface area (Å²) in [6.45, 7) is 7.53. The van der Waals surface area contributed by atoms with Crippen molar-refractivity contribution in [3.8, 4) is 0 Å². The molecule has 1 unspecified atom stereocenters. The van der Waals surface area contributed by atoms with Gasteiger partial charge in [-0.1, -0.05) is 18.2 Å². The van der Waals surface area contributed by atoms with Crippen LogP contribution in [0.5, 0.6) is 0 Å². The summed E-state index contributed by atoms with van der Waals surface area (Å²) in [5, 5.41) is 3.59. The predicted octanol–water partition coefficient (Wildman–Crippen LogP) is 4.01.